The molecule has 21 heteroatoms. The summed E-state index contributed by atoms with van der Waals surface area (Å²) < 4.78 is 259. The third kappa shape index (κ3) is 9.08. The van der Waals surface area contributed by atoms with Gasteiger partial charge in [0.25, 0.3) is 0 Å². The summed E-state index contributed by atoms with van der Waals surface area (Å²) >= 11 is 0. The minimum atomic E-state index is -5.38. The Hall–Kier alpha value is -8.41. The monoisotopic (exact) mass is 1070 g/mol. The first-order valence-electron chi connectivity index (χ1n) is 21.9. The van der Waals surface area contributed by atoms with E-state index >= 15 is 0 Å². The van der Waals surface area contributed by atoms with E-state index in [0.29, 0.717) is 47.2 Å². The van der Waals surface area contributed by atoms with E-state index in [2.05, 4.69) is 0 Å². The lowest BCUT2D eigenvalue weighted by Crippen LogP contribution is -2.11. The summed E-state index contributed by atoms with van der Waals surface area (Å²) in [5, 5.41) is 12.5. The van der Waals surface area contributed by atoms with E-state index < -0.39 is 98.3 Å². The molecule has 3 nitrogen and oxygen atoms in total. The van der Waals surface area contributed by atoms with E-state index in [0.717, 1.165) is 12.1 Å². The Balaban J connectivity index is 1.35. The van der Waals surface area contributed by atoms with Gasteiger partial charge in [-0.1, -0.05) is 60.7 Å². The van der Waals surface area contributed by atoms with Gasteiger partial charge in [0, 0.05) is 21.5 Å². The zero-order chi connectivity index (χ0) is 54.8. The number of benzene rings is 8. The molecule has 10 aromatic rings. The Morgan fingerprint density at radius 1 is 0.276 bits per heavy atom. The Morgan fingerprint density at radius 2 is 0.539 bits per heavy atom. The van der Waals surface area contributed by atoms with Gasteiger partial charge in [-0.25, -0.2) is 0 Å². The lowest BCUT2D eigenvalue weighted by atomic mass is 9.96. The highest BCUT2D eigenvalue weighted by molar-refractivity contribution is 6.12. The van der Waals surface area contributed by atoms with E-state index in [1.165, 1.54) is 69.8 Å². The van der Waals surface area contributed by atoms with Crippen molar-refractivity contribution in [2.45, 2.75) is 37.1 Å². The molecule has 0 spiro atoms. The second-order valence-electron chi connectivity index (χ2n) is 17.6. The maximum Gasteiger partial charge on any atom is 0.416 e. The van der Waals surface area contributed by atoms with E-state index in [-0.39, 0.29) is 73.5 Å². The first-order chi connectivity index (χ1) is 35.4. The lowest BCUT2D eigenvalue weighted by Gasteiger charge is -2.20. The number of alkyl halides is 18. The molecule has 0 fully saturated rings. The summed E-state index contributed by atoms with van der Waals surface area (Å²) in [6.45, 7) is 0. The fourth-order valence-corrected chi connectivity index (χ4v) is 9.43. The topological polar surface area (TPSA) is 33.6 Å². The molecule has 0 amide bonds. The van der Waals surface area contributed by atoms with Crippen LogP contribution < -0.4 is 0 Å². The van der Waals surface area contributed by atoms with Gasteiger partial charge in [-0.2, -0.15) is 84.3 Å². The Bertz CT molecular complexity index is 3730. The molecule has 10 rings (SSSR count). The van der Waals surface area contributed by atoms with Gasteiger partial charge < -0.3 is 9.13 Å². The highest BCUT2D eigenvalue weighted by Gasteiger charge is 2.40. The molecule has 0 radical (unpaired) electrons. The number of halogens is 18. The molecule has 386 valence electrons. The van der Waals surface area contributed by atoms with E-state index in [1.807, 2.05) is 6.07 Å². The highest BCUT2D eigenvalue weighted by Crippen LogP contribution is 2.47. The zero-order valence-corrected chi connectivity index (χ0v) is 37.6. The standard InChI is InChI=1S/C55H25F18N3/c56-50(57,58)33-13-29(14-34(23-33)51(59,60)61)27-9-11-41-39-5-1-3-7-44(39)75(46(41)19-27)48-21-32(31-17-37(54(68,69)70)25-38(18-31)55(71,72)73)22-49(43(48)26-74)76-45-8-4-2-6-40(45)42-12-10-28(20-47(42)76)30-15-35(52(62,63)64)24-36(16-30)53(65,66)67/h1-25H. The number of rotatable bonds is 5. The molecule has 0 aliphatic heterocycles. The number of hydrogen-bond acceptors (Lipinski definition) is 1. The maximum atomic E-state index is 14.5. The third-order valence-corrected chi connectivity index (χ3v) is 12.8. The van der Waals surface area contributed by atoms with Crippen LogP contribution in [0.3, 0.4) is 0 Å². The minimum Gasteiger partial charge on any atom is -0.308 e. The van der Waals surface area contributed by atoms with Gasteiger partial charge in [-0.15, -0.1) is 0 Å². The van der Waals surface area contributed by atoms with Gasteiger partial charge in [0.2, 0.25) is 0 Å². The molecule has 0 N–H and O–H groups in total. The number of aromatic nitrogens is 2. The molecule has 0 aliphatic rings. The van der Waals surface area contributed by atoms with Crippen molar-refractivity contribution in [2.24, 2.45) is 0 Å². The van der Waals surface area contributed by atoms with Gasteiger partial charge in [0.05, 0.1) is 66.8 Å². The molecule has 0 bridgehead atoms. The normalized spacial score (nSPS) is 13.1. The molecule has 0 atom stereocenters. The second kappa shape index (κ2) is 17.3. The maximum absolute atomic E-state index is 14.5. The van der Waals surface area contributed by atoms with Crippen LogP contribution in [0.5, 0.6) is 0 Å². The predicted octanol–water partition coefficient (Wildman–Crippen LogP) is 18.9. The fourth-order valence-electron chi connectivity index (χ4n) is 9.43. The average molecular weight is 1070 g/mol. The quantitative estimate of drug-likeness (QED) is 0.158. The molecule has 76 heavy (non-hydrogen) atoms. The highest BCUT2D eigenvalue weighted by atomic mass is 19.4. The van der Waals surface area contributed by atoms with Crippen LogP contribution in [0.1, 0.15) is 38.9 Å². The molecular weight excluding hydrogens is 1040 g/mol. The van der Waals surface area contributed by atoms with Crippen molar-refractivity contribution in [3.63, 3.8) is 0 Å². The van der Waals surface area contributed by atoms with E-state index in [4.69, 9.17) is 0 Å². The van der Waals surface area contributed by atoms with Gasteiger partial charge in [0.15, 0.2) is 0 Å². The summed E-state index contributed by atoms with van der Waals surface area (Å²) in [5.41, 5.74) is -13.8. The first-order valence-corrected chi connectivity index (χ1v) is 21.9. The van der Waals surface area contributed by atoms with Crippen molar-refractivity contribution >= 4 is 43.6 Å². The number of nitriles is 1. The number of para-hydroxylation sites is 2. The van der Waals surface area contributed by atoms with Crippen LogP contribution in [0.4, 0.5) is 79.0 Å². The van der Waals surface area contributed by atoms with E-state index in [9.17, 15) is 84.3 Å². The van der Waals surface area contributed by atoms with Crippen LogP contribution in [0, 0.1) is 11.3 Å². The molecule has 0 saturated carbocycles. The van der Waals surface area contributed by atoms with Crippen LogP contribution >= 0.6 is 0 Å². The molecule has 2 aromatic heterocycles. The van der Waals surface area contributed by atoms with Crippen LogP contribution in [-0.4, -0.2) is 9.13 Å². The Kier molecular flexibility index (Phi) is 11.6. The Labute approximate surface area is 414 Å². The van der Waals surface area contributed by atoms with Gasteiger partial charge in [-0.3, -0.25) is 0 Å². The number of fused-ring (bicyclic) bond motifs is 6. The zero-order valence-electron chi connectivity index (χ0n) is 37.6. The summed E-state index contributed by atoms with van der Waals surface area (Å²) in [6.07, 6.45) is -31.8. The molecule has 2 heterocycles. The second-order valence-corrected chi connectivity index (χ2v) is 17.6. The third-order valence-electron chi connectivity index (χ3n) is 12.8. The molecule has 0 aliphatic carbocycles. The molecule has 0 unspecified atom stereocenters. The van der Waals surface area contributed by atoms with Crippen LogP contribution in [0.15, 0.2) is 152 Å². The van der Waals surface area contributed by atoms with E-state index in [1.54, 1.807) is 24.3 Å². The number of hydrogen-bond donors (Lipinski definition) is 0. The lowest BCUT2D eigenvalue weighted by molar-refractivity contribution is -0.144. The molecule has 0 saturated heterocycles. The van der Waals surface area contributed by atoms with Crippen LogP contribution in [0.2, 0.25) is 0 Å². The largest absolute Gasteiger partial charge is 0.416 e. The van der Waals surface area contributed by atoms with Gasteiger partial charge in [0.1, 0.15) is 11.6 Å². The minimum absolute atomic E-state index is 0.0428. The molecule has 8 aromatic carbocycles. The average Bonchev–Trinajstić information content (AvgIpc) is 3.86. The summed E-state index contributed by atoms with van der Waals surface area (Å²) in [4.78, 5) is 0. The van der Waals surface area contributed by atoms with Crippen molar-refractivity contribution in [1.82, 2.24) is 9.13 Å². The predicted molar refractivity (Wildman–Crippen MR) is 246 cm³/mol. The van der Waals surface area contributed by atoms with Crippen molar-refractivity contribution < 1.29 is 79.0 Å². The van der Waals surface area contributed by atoms with Crippen molar-refractivity contribution in [2.75, 3.05) is 0 Å². The van der Waals surface area contributed by atoms with Gasteiger partial charge in [-0.05, 0) is 124 Å². The molecular formula is C55H25F18N3. The first kappa shape index (κ1) is 51.1. The summed E-state index contributed by atoms with van der Waals surface area (Å²) in [6, 6.07) is 26.2. The SMILES string of the molecule is N#Cc1c(-n2c3ccccc3c3ccc(-c4cc(C(F)(F)F)cc(C(F)(F)F)c4)cc32)cc(-c2cc(C(F)(F)F)cc(C(F)(F)F)c2)cc1-n1c2ccccc2c2ccc(-c3cc(C(F)(F)F)cc(C(F)(F)F)c3)cc21. The smallest absolute Gasteiger partial charge is 0.308 e. The fraction of sp³-hybridized carbons (Fsp3) is 0.109. The van der Waals surface area contributed by atoms with Crippen molar-refractivity contribution in [1.29, 1.82) is 5.26 Å². The Morgan fingerprint density at radius 3 is 0.829 bits per heavy atom. The van der Waals surface area contributed by atoms with Crippen LogP contribution in [-0.2, 0) is 37.1 Å². The van der Waals surface area contributed by atoms with Crippen LogP contribution in [0.25, 0.3) is 88.4 Å². The van der Waals surface area contributed by atoms with Crippen molar-refractivity contribution in [3.8, 4) is 50.8 Å². The van der Waals surface area contributed by atoms with Gasteiger partial charge >= 0.3 is 37.1 Å². The number of nitrogens with zero attached hydrogens (tertiary/aromatic N) is 3. The summed E-state index contributed by atoms with van der Waals surface area (Å²) in [5.74, 6) is 0. The van der Waals surface area contributed by atoms with Crippen molar-refractivity contribution in [3.05, 3.63) is 191 Å². The summed E-state index contributed by atoms with van der Waals surface area (Å²) in [7, 11) is 0.